The van der Waals surface area contributed by atoms with Gasteiger partial charge in [0.25, 0.3) is 11.8 Å². The number of fused-ring (bicyclic) bond motifs is 1. The fraction of sp³-hybridized carbons (Fsp3) is 0.148. The number of nitrogens with one attached hydrogen (secondary N) is 1. The fourth-order valence-corrected chi connectivity index (χ4v) is 4.10. The Morgan fingerprint density at radius 2 is 1.80 bits per heavy atom. The Morgan fingerprint density at radius 3 is 2.60 bits per heavy atom. The van der Waals surface area contributed by atoms with Crippen LogP contribution in [0.1, 0.15) is 16.9 Å². The molecule has 1 aliphatic rings. The number of furan rings is 1. The number of carbonyl (C=O) groups excluding carboxylic acids is 3. The van der Waals surface area contributed by atoms with Crippen LogP contribution in [-0.2, 0) is 22.7 Å². The van der Waals surface area contributed by atoms with E-state index in [9.17, 15) is 14.4 Å². The van der Waals surface area contributed by atoms with Gasteiger partial charge in [-0.15, -0.1) is 0 Å². The number of amides is 4. The molecule has 35 heavy (non-hydrogen) atoms. The Kier molecular flexibility index (Phi) is 5.93. The van der Waals surface area contributed by atoms with Gasteiger partial charge in [0, 0.05) is 22.7 Å². The molecular weight excluding hydrogens is 446 g/mol. The Labute approximate surface area is 201 Å². The zero-order valence-corrected chi connectivity index (χ0v) is 19.1. The Hall–Kier alpha value is -4.59. The largest absolute Gasteiger partial charge is 0.491 e. The first-order valence-corrected chi connectivity index (χ1v) is 11.2. The van der Waals surface area contributed by atoms with E-state index in [4.69, 9.17) is 9.15 Å². The van der Waals surface area contributed by atoms with Gasteiger partial charge in [0.05, 0.1) is 19.4 Å². The lowest BCUT2D eigenvalue weighted by molar-refractivity contribution is -0.130. The Morgan fingerprint density at radius 1 is 1.00 bits per heavy atom. The van der Waals surface area contributed by atoms with Crippen LogP contribution in [0, 0.1) is 6.92 Å². The summed E-state index contributed by atoms with van der Waals surface area (Å²) in [5.41, 5.74) is 2.59. The molecule has 5 rings (SSSR count). The number of carbonyl (C=O) groups is 3. The zero-order valence-electron chi connectivity index (χ0n) is 19.1. The van der Waals surface area contributed by atoms with Crippen LogP contribution in [-0.4, -0.2) is 33.9 Å². The molecule has 1 N–H and O–H groups in total. The Bertz CT molecular complexity index is 1450. The number of imide groups is 2. The standard InChI is InChI=1S/C27H23N3O5/c1-18-7-2-5-11-24(18)35-14-12-29-16-19(21-9-3-4-10-23(21)29)15-22-25(31)28-27(33)30(26(22)32)17-20-8-6-13-34-20/h2-11,13,15-16H,12,14,17H2,1H3,(H,28,31,33)/b22-15+. The molecule has 0 aliphatic carbocycles. The van der Waals surface area contributed by atoms with E-state index in [1.165, 1.54) is 12.3 Å². The average Bonchev–Trinajstić information content (AvgIpc) is 3.49. The van der Waals surface area contributed by atoms with E-state index in [-0.39, 0.29) is 12.1 Å². The van der Waals surface area contributed by atoms with Gasteiger partial charge in [-0.3, -0.25) is 19.8 Å². The van der Waals surface area contributed by atoms with Crippen LogP contribution in [0.15, 0.2) is 83.1 Å². The molecule has 0 radical (unpaired) electrons. The molecule has 4 aromatic rings. The van der Waals surface area contributed by atoms with Crippen molar-refractivity contribution in [3.8, 4) is 5.75 Å². The third kappa shape index (κ3) is 4.46. The highest BCUT2D eigenvalue weighted by Crippen LogP contribution is 2.26. The van der Waals surface area contributed by atoms with Crippen LogP contribution in [0.2, 0.25) is 0 Å². The lowest BCUT2D eigenvalue weighted by atomic mass is 10.1. The van der Waals surface area contributed by atoms with E-state index in [2.05, 4.69) is 5.32 Å². The molecule has 2 aromatic heterocycles. The van der Waals surface area contributed by atoms with Crippen molar-refractivity contribution in [1.29, 1.82) is 0 Å². The summed E-state index contributed by atoms with van der Waals surface area (Å²) in [6.45, 7) is 2.95. The minimum Gasteiger partial charge on any atom is -0.491 e. The minimum atomic E-state index is -0.774. The fourth-order valence-electron chi connectivity index (χ4n) is 4.10. The smallest absolute Gasteiger partial charge is 0.331 e. The number of para-hydroxylation sites is 2. The number of aromatic nitrogens is 1. The van der Waals surface area contributed by atoms with Crippen LogP contribution >= 0.6 is 0 Å². The summed E-state index contributed by atoms with van der Waals surface area (Å²) in [4.78, 5) is 38.9. The first kappa shape index (κ1) is 22.2. The van der Waals surface area contributed by atoms with E-state index in [1.807, 2.05) is 66.2 Å². The second kappa shape index (κ2) is 9.34. The quantitative estimate of drug-likeness (QED) is 0.322. The van der Waals surface area contributed by atoms with Crippen molar-refractivity contribution >= 4 is 34.8 Å². The van der Waals surface area contributed by atoms with Crippen molar-refractivity contribution in [3.63, 3.8) is 0 Å². The van der Waals surface area contributed by atoms with Crippen molar-refractivity contribution in [2.75, 3.05) is 6.61 Å². The summed E-state index contributed by atoms with van der Waals surface area (Å²) >= 11 is 0. The molecule has 8 nitrogen and oxygen atoms in total. The van der Waals surface area contributed by atoms with Gasteiger partial charge in [0.1, 0.15) is 23.7 Å². The van der Waals surface area contributed by atoms with Gasteiger partial charge in [-0.1, -0.05) is 36.4 Å². The normalized spacial score (nSPS) is 15.2. The Balaban J connectivity index is 1.42. The lowest BCUT2D eigenvalue weighted by Crippen LogP contribution is -2.53. The average molecular weight is 469 g/mol. The predicted molar refractivity (Wildman–Crippen MR) is 129 cm³/mol. The molecule has 2 aromatic carbocycles. The maximum absolute atomic E-state index is 13.1. The number of nitrogens with zero attached hydrogens (tertiary/aromatic N) is 2. The number of barbiturate groups is 1. The molecule has 1 aliphatic heterocycles. The first-order chi connectivity index (χ1) is 17.0. The van der Waals surface area contributed by atoms with Crippen molar-refractivity contribution in [1.82, 2.24) is 14.8 Å². The monoisotopic (exact) mass is 469 g/mol. The van der Waals surface area contributed by atoms with E-state index >= 15 is 0 Å². The van der Waals surface area contributed by atoms with Gasteiger partial charge in [-0.2, -0.15) is 0 Å². The molecule has 4 amide bonds. The maximum atomic E-state index is 13.1. The van der Waals surface area contributed by atoms with Gasteiger partial charge in [-0.05, 0) is 42.8 Å². The van der Waals surface area contributed by atoms with Gasteiger partial charge in [0.15, 0.2) is 0 Å². The van der Waals surface area contributed by atoms with Crippen LogP contribution in [0.3, 0.4) is 0 Å². The van der Waals surface area contributed by atoms with Gasteiger partial charge >= 0.3 is 6.03 Å². The maximum Gasteiger partial charge on any atom is 0.331 e. The molecule has 176 valence electrons. The van der Waals surface area contributed by atoms with Crippen molar-refractivity contribution in [2.45, 2.75) is 20.0 Å². The summed E-state index contributed by atoms with van der Waals surface area (Å²) < 4.78 is 13.2. The SMILES string of the molecule is Cc1ccccc1OCCn1cc(/C=C2\C(=O)NC(=O)N(Cc3ccco3)C2=O)c2ccccc21. The highest BCUT2D eigenvalue weighted by Gasteiger charge is 2.36. The lowest BCUT2D eigenvalue weighted by Gasteiger charge is -2.25. The summed E-state index contributed by atoms with van der Waals surface area (Å²) in [6.07, 6.45) is 4.87. The second-order valence-electron chi connectivity index (χ2n) is 8.20. The summed E-state index contributed by atoms with van der Waals surface area (Å²) in [5, 5.41) is 3.13. The van der Waals surface area contributed by atoms with Crippen molar-refractivity contribution in [3.05, 3.63) is 95.6 Å². The van der Waals surface area contributed by atoms with E-state index < -0.39 is 17.8 Å². The molecular formula is C27H23N3O5. The van der Waals surface area contributed by atoms with Gasteiger partial charge in [-0.25, -0.2) is 4.79 Å². The molecule has 0 spiro atoms. The van der Waals surface area contributed by atoms with E-state index in [0.717, 1.165) is 27.1 Å². The molecule has 0 bridgehead atoms. The number of rotatable bonds is 7. The number of benzene rings is 2. The predicted octanol–water partition coefficient (Wildman–Crippen LogP) is 4.28. The number of aryl methyl sites for hydroxylation is 1. The van der Waals surface area contributed by atoms with E-state index in [0.29, 0.717) is 24.5 Å². The van der Waals surface area contributed by atoms with Crippen molar-refractivity contribution in [2.24, 2.45) is 0 Å². The highest BCUT2D eigenvalue weighted by atomic mass is 16.5. The molecule has 3 heterocycles. The van der Waals surface area contributed by atoms with Crippen LogP contribution < -0.4 is 10.1 Å². The molecule has 8 heteroatoms. The van der Waals surface area contributed by atoms with Crippen LogP contribution in [0.5, 0.6) is 5.75 Å². The number of urea groups is 1. The molecule has 0 atom stereocenters. The molecule has 0 unspecified atom stereocenters. The summed E-state index contributed by atoms with van der Waals surface area (Å²) in [6, 6.07) is 18.1. The highest BCUT2D eigenvalue weighted by molar-refractivity contribution is 6.31. The summed E-state index contributed by atoms with van der Waals surface area (Å²) in [7, 11) is 0. The zero-order chi connectivity index (χ0) is 24.4. The molecule has 1 fully saturated rings. The second-order valence-corrected chi connectivity index (χ2v) is 8.20. The van der Waals surface area contributed by atoms with E-state index in [1.54, 1.807) is 12.1 Å². The third-order valence-electron chi connectivity index (χ3n) is 5.88. The van der Waals surface area contributed by atoms with Gasteiger partial charge in [0.2, 0.25) is 0 Å². The topological polar surface area (TPSA) is 93.8 Å². The number of hydrogen-bond donors (Lipinski definition) is 1. The van der Waals surface area contributed by atoms with Crippen LogP contribution in [0.4, 0.5) is 4.79 Å². The number of ether oxygens (including phenoxy) is 1. The summed E-state index contributed by atoms with van der Waals surface area (Å²) in [5.74, 6) is -0.130. The van der Waals surface area contributed by atoms with Gasteiger partial charge < -0.3 is 13.7 Å². The molecule has 1 saturated heterocycles. The van der Waals surface area contributed by atoms with Crippen LogP contribution in [0.25, 0.3) is 17.0 Å². The third-order valence-corrected chi connectivity index (χ3v) is 5.88. The number of hydrogen-bond acceptors (Lipinski definition) is 5. The minimum absolute atomic E-state index is 0.0692. The van der Waals surface area contributed by atoms with Crippen molar-refractivity contribution < 1.29 is 23.5 Å². The first-order valence-electron chi connectivity index (χ1n) is 11.2. The molecule has 0 saturated carbocycles.